The largest absolute Gasteiger partial charge is 1.00 e. The molecule has 0 fully saturated rings. The second-order valence-electron chi connectivity index (χ2n) is 3.88. The van der Waals surface area contributed by atoms with Crippen molar-refractivity contribution in [3.63, 3.8) is 0 Å². The maximum absolute atomic E-state index is 12.7. The topological polar surface area (TPSA) is 23.6 Å². The van der Waals surface area contributed by atoms with Gasteiger partial charge in [-0.25, -0.2) is 9.34 Å². The molecule has 90 valence electrons. The van der Waals surface area contributed by atoms with E-state index in [-0.39, 0.29) is 18.9 Å². The Labute approximate surface area is 120 Å². The van der Waals surface area contributed by atoms with Gasteiger partial charge in [0.1, 0.15) is 0 Å². The van der Waals surface area contributed by atoms with E-state index in [0.29, 0.717) is 0 Å². The van der Waals surface area contributed by atoms with Gasteiger partial charge in [0.05, 0.1) is 0 Å². The van der Waals surface area contributed by atoms with Crippen molar-refractivity contribution >= 4 is 18.0 Å². The summed E-state index contributed by atoms with van der Waals surface area (Å²) in [7, 11) is 7.33. The first-order valence-corrected chi connectivity index (χ1v) is 7.97. The number of benzene rings is 1. The van der Waals surface area contributed by atoms with Crippen LogP contribution < -0.4 is 18.9 Å². The van der Waals surface area contributed by atoms with Gasteiger partial charge in [-0.05, 0) is 28.2 Å². The van der Waals surface area contributed by atoms with E-state index in [2.05, 4.69) is 6.92 Å². The van der Waals surface area contributed by atoms with Crippen molar-refractivity contribution in [2.24, 2.45) is 0 Å². The van der Waals surface area contributed by atoms with E-state index in [0.717, 1.165) is 10.5 Å². The van der Waals surface area contributed by atoms with Crippen LogP contribution in [0.3, 0.4) is 0 Å². The molecule has 1 aromatic rings. The van der Waals surface area contributed by atoms with E-state index in [1.165, 1.54) is 11.4 Å². The summed E-state index contributed by atoms with van der Waals surface area (Å²) in [5.74, 6) is 0. The van der Waals surface area contributed by atoms with Crippen LogP contribution in [-0.4, -0.2) is 37.5 Å². The zero-order valence-corrected chi connectivity index (χ0v) is 12.9. The Morgan fingerprint density at radius 3 is 2.00 bits per heavy atom. The first-order chi connectivity index (χ1) is 7.38. The quantitative estimate of drug-likeness (QED) is 0.440. The van der Waals surface area contributed by atoms with Crippen LogP contribution in [-0.2, 0) is 4.57 Å². The molecule has 0 saturated heterocycles. The predicted octanol–water partition coefficient (Wildman–Crippen LogP) is 0.196. The molecular weight excluding hydrogens is 246 g/mol. The maximum atomic E-state index is 12.7. The van der Waals surface area contributed by atoms with Gasteiger partial charge in [-0.1, -0.05) is 22.3 Å². The zero-order valence-electron chi connectivity index (χ0n) is 11.2. The zero-order chi connectivity index (χ0) is 12.3. The number of rotatable bonds is 4. The van der Waals surface area contributed by atoms with Crippen LogP contribution in [0.1, 0.15) is 5.56 Å². The van der Waals surface area contributed by atoms with Gasteiger partial charge in [-0.15, -0.1) is 12.1 Å². The summed E-state index contributed by atoms with van der Waals surface area (Å²) in [6, 6.07) is 7.75. The second-order valence-corrected chi connectivity index (χ2v) is 9.06. The fourth-order valence-electron chi connectivity index (χ4n) is 1.24. The molecule has 0 atom stereocenters. The van der Waals surface area contributed by atoms with Crippen molar-refractivity contribution in [3.05, 3.63) is 36.8 Å². The van der Waals surface area contributed by atoms with Crippen LogP contribution in [0.5, 0.6) is 0 Å². The van der Waals surface area contributed by atoms with E-state index >= 15 is 0 Å². The van der Waals surface area contributed by atoms with Gasteiger partial charge in [0.25, 0.3) is 6.65 Å². The van der Waals surface area contributed by atoms with E-state index < -0.39 is 6.65 Å². The predicted molar refractivity (Wildman–Crippen MR) is 71.7 cm³/mol. The van der Waals surface area contributed by atoms with Gasteiger partial charge in [0, 0.05) is 0 Å². The minimum Gasteiger partial charge on any atom is -0.277 e. The molecule has 0 aliphatic heterocycles. The Morgan fingerprint density at radius 2 is 1.59 bits per heavy atom. The monoisotopic (exact) mass is 264 g/mol. The van der Waals surface area contributed by atoms with Gasteiger partial charge in [0.15, 0.2) is 0 Å². The van der Waals surface area contributed by atoms with Crippen LogP contribution in [0.2, 0.25) is 0 Å². The van der Waals surface area contributed by atoms with Crippen molar-refractivity contribution in [2.75, 3.05) is 28.2 Å². The molecule has 0 spiro atoms. The fourth-order valence-corrected chi connectivity index (χ4v) is 5.15. The molecule has 0 radical (unpaired) electrons. The SMILES string of the molecule is [CH2-]c1ccccc1SP(=O)(N(C)C)N(C)C.[Li+]. The molecule has 0 unspecified atom stereocenters. The molecular formula is C11H18LiN2OPS. The van der Waals surface area contributed by atoms with Gasteiger partial charge in [0.2, 0.25) is 0 Å². The fraction of sp³-hybridized carbons (Fsp3) is 0.364. The van der Waals surface area contributed by atoms with E-state index in [1.807, 2.05) is 52.5 Å². The van der Waals surface area contributed by atoms with Crippen molar-refractivity contribution < 1.29 is 23.4 Å². The van der Waals surface area contributed by atoms with Crippen molar-refractivity contribution in [3.8, 4) is 0 Å². The molecule has 0 N–H and O–H groups in total. The van der Waals surface area contributed by atoms with Gasteiger partial charge in [-0.3, -0.25) is 4.57 Å². The van der Waals surface area contributed by atoms with Crippen molar-refractivity contribution in [1.29, 1.82) is 0 Å². The third-order valence-corrected chi connectivity index (χ3v) is 8.32. The Balaban J connectivity index is 0.00000256. The van der Waals surface area contributed by atoms with E-state index in [1.54, 1.807) is 9.34 Å². The second kappa shape index (κ2) is 6.94. The molecule has 17 heavy (non-hydrogen) atoms. The van der Waals surface area contributed by atoms with Crippen LogP contribution in [0.4, 0.5) is 0 Å². The van der Waals surface area contributed by atoms with Crippen LogP contribution >= 0.6 is 18.0 Å². The van der Waals surface area contributed by atoms with Crippen LogP contribution in [0.15, 0.2) is 29.2 Å². The van der Waals surface area contributed by atoms with E-state index in [4.69, 9.17) is 0 Å². The normalized spacial score (nSPS) is 11.6. The molecule has 0 aliphatic carbocycles. The van der Waals surface area contributed by atoms with Gasteiger partial charge in [-0.2, -0.15) is 18.6 Å². The molecule has 1 aromatic carbocycles. The average Bonchev–Trinajstić information content (AvgIpc) is 2.20. The minimum absolute atomic E-state index is 0. The van der Waals surface area contributed by atoms with Crippen LogP contribution in [0, 0.1) is 6.92 Å². The van der Waals surface area contributed by atoms with Crippen LogP contribution in [0.25, 0.3) is 0 Å². The minimum atomic E-state index is -2.57. The molecule has 0 amide bonds. The summed E-state index contributed by atoms with van der Waals surface area (Å²) in [5, 5.41) is 0. The first kappa shape index (κ1) is 17.2. The Morgan fingerprint density at radius 1 is 1.12 bits per heavy atom. The molecule has 0 aliphatic rings. The molecule has 0 heterocycles. The molecule has 0 saturated carbocycles. The summed E-state index contributed by atoms with van der Waals surface area (Å²) >= 11 is 1.38. The summed E-state index contributed by atoms with van der Waals surface area (Å²) in [5.41, 5.74) is 0.913. The summed E-state index contributed by atoms with van der Waals surface area (Å²) in [4.78, 5) is 0.966. The van der Waals surface area contributed by atoms with E-state index in [9.17, 15) is 4.57 Å². The Bertz CT molecular complexity index is 400. The van der Waals surface area contributed by atoms with Gasteiger partial charge >= 0.3 is 18.9 Å². The smallest absolute Gasteiger partial charge is 0.277 e. The first-order valence-electron chi connectivity index (χ1n) is 4.94. The molecule has 3 nitrogen and oxygen atoms in total. The third kappa shape index (κ3) is 4.10. The Hall–Kier alpha value is 0.187. The molecule has 0 aromatic heterocycles. The van der Waals surface area contributed by atoms with Crippen molar-refractivity contribution in [1.82, 2.24) is 9.34 Å². The number of hydrogen-bond donors (Lipinski definition) is 0. The van der Waals surface area contributed by atoms with Crippen molar-refractivity contribution in [2.45, 2.75) is 4.90 Å². The number of hydrogen-bond acceptors (Lipinski definition) is 2. The average molecular weight is 264 g/mol. The third-order valence-electron chi connectivity index (χ3n) is 2.20. The summed E-state index contributed by atoms with van der Waals surface area (Å²) < 4.78 is 16.3. The molecule has 1 rings (SSSR count). The molecule has 6 heteroatoms. The number of nitrogens with zero attached hydrogens (tertiary/aromatic N) is 2. The Kier molecular flexibility index (Phi) is 7.02. The maximum Gasteiger partial charge on any atom is 1.00 e. The standard InChI is InChI=1S/C11H18N2OPS.Li/c1-10-8-6-7-9-11(10)16-15(14,12(2)3)13(4)5;/h6-9H,1H2,2-5H3;/q-1;+1. The van der Waals surface area contributed by atoms with Gasteiger partial charge < -0.3 is 0 Å². The molecule has 0 bridgehead atoms. The summed E-state index contributed by atoms with van der Waals surface area (Å²) in [6.07, 6.45) is 0. The summed E-state index contributed by atoms with van der Waals surface area (Å²) in [6.45, 7) is 1.38.